The van der Waals surface area contributed by atoms with Crippen LogP contribution in [0.15, 0.2) is 24.3 Å². The Morgan fingerprint density at radius 1 is 1.27 bits per heavy atom. The van der Waals surface area contributed by atoms with Crippen LogP contribution in [0.3, 0.4) is 0 Å². The van der Waals surface area contributed by atoms with E-state index in [9.17, 15) is 9.59 Å². The largest absolute Gasteiger partial charge is 0.478 e. The van der Waals surface area contributed by atoms with Crippen LogP contribution in [-0.2, 0) is 4.79 Å². The Labute approximate surface area is 91.4 Å². The number of hydrogen-bond donors (Lipinski definition) is 1. The molecule has 15 heavy (non-hydrogen) atoms. The summed E-state index contributed by atoms with van der Waals surface area (Å²) in [5, 5.41) is 8.62. The maximum atomic E-state index is 11.0. The van der Waals surface area contributed by atoms with E-state index in [4.69, 9.17) is 21.4 Å². The van der Waals surface area contributed by atoms with E-state index in [2.05, 4.69) is 0 Å². The number of rotatable bonds is 4. The molecule has 0 aromatic heterocycles. The lowest BCUT2D eigenvalue weighted by atomic mass is 10.2. The standard InChI is InChI=1S/C10H9ClO4/c11-6-5-9(12)15-8-3-1-7(2-4-8)10(13)14/h1-4H,5-6H2,(H,13,14). The molecule has 1 aromatic rings. The number of carbonyl (C=O) groups is 2. The Bertz CT molecular complexity index is 358. The van der Waals surface area contributed by atoms with Crippen LogP contribution in [0.1, 0.15) is 16.8 Å². The number of benzene rings is 1. The molecule has 4 nitrogen and oxygen atoms in total. The van der Waals surface area contributed by atoms with Gasteiger partial charge < -0.3 is 9.84 Å². The summed E-state index contributed by atoms with van der Waals surface area (Å²) in [6, 6.07) is 5.59. The van der Waals surface area contributed by atoms with Gasteiger partial charge in [0.15, 0.2) is 0 Å². The molecular formula is C10H9ClO4. The van der Waals surface area contributed by atoms with E-state index in [0.29, 0.717) is 5.75 Å². The number of carbonyl (C=O) groups excluding carboxylic acids is 1. The molecular weight excluding hydrogens is 220 g/mol. The second-order valence-corrected chi connectivity index (χ2v) is 3.12. The first kappa shape index (κ1) is 11.5. The predicted molar refractivity (Wildman–Crippen MR) is 54.4 cm³/mol. The van der Waals surface area contributed by atoms with Gasteiger partial charge in [0.05, 0.1) is 12.0 Å². The molecule has 0 saturated carbocycles. The average Bonchev–Trinajstić information content (AvgIpc) is 2.18. The third kappa shape index (κ3) is 3.59. The Balaban J connectivity index is 2.64. The van der Waals surface area contributed by atoms with Gasteiger partial charge in [-0.2, -0.15) is 0 Å². The normalized spacial score (nSPS) is 9.67. The molecule has 0 saturated heterocycles. The van der Waals surface area contributed by atoms with Crippen molar-refractivity contribution in [2.24, 2.45) is 0 Å². The Morgan fingerprint density at radius 2 is 1.87 bits per heavy atom. The van der Waals surface area contributed by atoms with Crippen molar-refractivity contribution in [3.63, 3.8) is 0 Å². The number of alkyl halides is 1. The van der Waals surface area contributed by atoms with Crippen molar-refractivity contribution < 1.29 is 19.4 Å². The molecule has 0 heterocycles. The summed E-state index contributed by atoms with van der Waals surface area (Å²) in [7, 11) is 0. The average molecular weight is 229 g/mol. The monoisotopic (exact) mass is 228 g/mol. The molecule has 0 atom stereocenters. The number of aromatic carboxylic acids is 1. The van der Waals surface area contributed by atoms with Crippen LogP contribution in [0, 0.1) is 0 Å². The molecule has 0 unspecified atom stereocenters. The Morgan fingerprint density at radius 3 is 2.33 bits per heavy atom. The number of ether oxygens (including phenoxy) is 1. The summed E-state index contributed by atoms with van der Waals surface area (Å²) in [6.07, 6.45) is 0.127. The lowest BCUT2D eigenvalue weighted by molar-refractivity contribution is -0.133. The summed E-state index contributed by atoms with van der Waals surface area (Å²) < 4.78 is 4.87. The molecule has 1 N–H and O–H groups in total. The van der Waals surface area contributed by atoms with Crippen molar-refractivity contribution in [3.8, 4) is 5.75 Å². The van der Waals surface area contributed by atoms with Gasteiger partial charge in [0.2, 0.25) is 0 Å². The zero-order chi connectivity index (χ0) is 11.3. The van der Waals surface area contributed by atoms with E-state index in [-0.39, 0.29) is 17.9 Å². The van der Waals surface area contributed by atoms with Gasteiger partial charge in [-0.3, -0.25) is 4.79 Å². The van der Waals surface area contributed by atoms with Crippen molar-refractivity contribution in [3.05, 3.63) is 29.8 Å². The highest BCUT2D eigenvalue weighted by Gasteiger charge is 2.05. The first-order valence-corrected chi connectivity index (χ1v) is 4.77. The van der Waals surface area contributed by atoms with Crippen molar-refractivity contribution in [2.45, 2.75) is 6.42 Å². The van der Waals surface area contributed by atoms with Crippen LogP contribution in [0.2, 0.25) is 0 Å². The maximum absolute atomic E-state index is 11.0. The molecule has 0 aliphatic rings. The molecule has 5 heteroatoms. The third-order valence-corrected chi connectivity index (χ3v) is 1.82. The van der Waals surface area contributed by atoms with Crippen LogP contribution in [0.5, 0.6) is 5.75 Å². The predicted octanol–water partition coefficient (Wildman–Crippen LogP) is 1.92. The fourth-order valence-electron chi connectivity index (χ4n) is 0.925. The number of hydrogen-bond acceptors (Lipinski definition) is 3. The first-order chi connectivity index (χ1) is 7.13. The fourth-order valence-corrected chi connectivity index (χ4v) is 1.08. The molecule has 1 aromatic carbocycles. The molecule has 0 spiro atoms. The van der Waals surface area contributed by atoms with Gasteiger partial charge >= 0.3 is 11.9 Å². The molecule has 0 amide bonds. The minimum Gasteiger partial charge on any atom is -0.478 e. The highest BCUT2D eigenvalue weighted by Crippen LogP contribution is 2.12. The molecule has 1 rings (SSSR count). The molecule has 0 aliphatic heterocycles. The van der Waals surface area contributed by atoms with Crippen molar-refractivity contribution in [2.75, 3.05) is 5.88 Å². The van der Waals surface area contributed by atoms with Crippen LogP contribution >= 0.6 is 11.6 Å². The van der Waals surface area contributed by atoms with Gasteiger partial charge in [0, 0.05) is 5.88 Å². The van der Waals surface area contributed by atoms with Gasteiger partial charge in [-0.05, 0) is 24.3 Å². The summed E-state index contributed by atoms with van der Waals surface area (Å²) in [4.78, 5) is 21.5. The topological polar surface area (TPSA) is 63.6 Å². The highest BCUT2D eigenvalue weighted by molar-refractivity contribution is 6.18. The molecule has 0 bridgehead atoms. The summed E-state index contributed by atoms with van der Waals surface area (Å²) >= 11 is 5.35. The maximum Gasteiger partial charge on any atom is 0.335 e. The summed E-state index contributed by atoms with van der Waals surface area (Å²) in [5.41, 5.74) is 0.146. The summed E-state index contributed by atoms with van der Waals surface area (Å²) in [6.45, 7) is 0. The van der Waals surface area contributed by atoms with E-state index in [1.165, 1.54) is 24.3 Å². The smallest absolute Gasteiger partial charge is 0.335 e. The Kier molecular flexibility index (Phi) is 4.12. The van der Waals surface area contributed by atoms with Crippen LogP contribution in [0.4, 0.5) is 0 Å². The van der Waals surface area contributed by atoms with E-state index in [0.717, 1.165) is 0 Å². The molecule has 0 aliphatic carbocycles. The second kappa shape index (κ2) is 5.36. The molecule has 80 valence electrons. The van der Waals surface area contributed by atoms with E-state index < -0.39 is 11.9 Å². The van der Waals surface area contributed by atoms with Crippen molar-refractivity contribution in [1.82, 2.24) is 0 Å². The van der Waals surface area contributed by atoms with Crippen molar-refractivity contribution in [1.29, 1.82) is 0 Å². The van der Waals surface area contributed by atoms with Gasteiger partial charge in [-0.25, -0.2) is 4.79 Å². The molecule has 0 radical (unpaired) electrons. The number of carboxylic acid groups (broad SMARTS) is 1. The van der Waals surface area contributed by atoms with E-state index >= 15 is 0 Å². The lowest BCUT2D eigenvalue weighted by Crippen LogP contribution is -2.08. The minimum absolute atomic E-state index is 0.127. The van der Waals surface area contributed by atoms with Gasteiger partial charge in [0.1, 0.15) is 5.75 Å². The summed E-state index contributed by atoms with van der Waals surface area (Å²) in [5.74, 6) is -0.941. The Hall–Kier alpha value is -1.55. The van der Waals surface area contributed by atoms with Crippen LogP contribution in [0.25, 0.3) is 0 Å². The van der Waals surface area contributed by atoms with E-state index in [1.807, 2.05) is 0 Å². The third-order valence-electron chi connectivity index (χ3n) is 1.63. The quantitative estimate of drug-likeness (QED) is 0.486. The number of carboxylic acids is 1. The van der Waals surface area contributed by atoms with Gasteiger partial charge in [-0.15, -0.1) is 11.6 Å². The van der Waals surface area contributed by atoms with Crippen LogP contribution < -0.4 is 4.74 Å². The SMILES string of the molecule is O=C(CCCl)Oc1ccc(C(=O)O)cc1. The highest BCUT2D eigenvalue weighted by atomic mass is 35.5. The van der Waals surface area contributed by atoms with Gasteiger partial charge in [0.25, 0.3) is 0 Å². The minimum atomic E-state index is -1.02. The second-order valence-electron chi connectivity index (χ2n) is 2.74. The zero-order valence-electron chi connectivity index (χ0n) is 7.77. The van der Waals surface area contributed by atoms with Gasteiger partial charge in [-0.1, -0.05) is 0 Å². The number of halogens is 1. The zero-order valence-corrected chi connectivity index (χ0v) is 8.53. The van der Waals surface area contributed by atoms with Crippen LogP contribution in [-0.4, -0.2) is 22.9 Å². The van der Waals surface area contributed by atoms with Crippen molar-refractivity contribution >= 4 is 23.5 Å². The molecule has 0 fully saturated rings. The first-order valence-electron chi connectivity index (χ1n) is 4.23. The lowest BCUT2D eigenvalue weighted by Gasteiger charge is -2.02. The fraction of sp³-hybridized carbons (Fsp3) is 0.200. The van der Waals surface area contributed by atoms with E-state index in [1.54, 1.807) is 0 Å². The number of esters is 1.